The summed E-state index contributed by atoms with van der Waals surface area (Å²) in [7, 11) is 1.71. The van der Waals surface area contributed by atoms with E-state index in [1.807, 2.05) is 0 Å². The van der Waals surface area contributed by atoms with Gasteiger partial charge in [0, 0.05) is 25.7 Å². The van der Waals surface area contributed by atoms with E-state index in [1.54, 1.807) is 7.11 Å². The number of nitrogens with zero attached hydrogens (tertiary/aromatic N) is 1. The zero-order valence-electron chi connectivity index (χ0n) is 9.54. The predicted octanol–water partition coefficient (Wildman–Crippen LogP) is -0.321. The van der Waals surface area contributed by atoms with Gasteiger partial charge >= 0.3 is 0 Å². The van der Waals surface area contributed by atoms with Crippen molar-refractivity contribution in [3.8, 4) is 0 Å². The first-order valence-corrected chi connectivity index (χ1v) is 5.88. The predicted molar refractivity (Wildman–Crippen MR) is 58.9 cm³/mol. The van der Waals surface area contributed by atoms with Crippen molar-refractivity contribution < 1.29 is 9.84 Å². The summed E-state index contributed by atoms with van der Waals surface area (Å²) in [5.41, 5.74) is -0.0362. The van der Waals surface area contributed by atoms with Crippen LogP contribution in [0, 0.1) is 5.92 Å². The number of ether oxygens (including phenoxy) is 1. The molecule has 88 valence electrons. The van der Waals surface area contributed by atoms with Crippen molar-refractivity contribution in [2.24, 2.45) is 5.92 Å². The molecule has 2 N–H and O–H groups in total. The van der Waals surface area contributed by atoms with E-state index in [2.05, 4.69) is 10.2 Å². The van der Waals surface area contributed by atoms with E-state index in [0.29, 0.717) is 5.92 Å². The quantitative estimate of drug-likeness (QED) is 0.616. The molecule has 0 aliphatic carbocycles. The normalized spacial score (nSPS) is 39.6. The molecule has 2 aliphatic rings. The van der Waals surface area contributed by atoms with E-state index in [0.717, 1.165) is 32.7 Å². The van der Waals surface area contributed by atoms with Gasteiger partial charge in [-0.3, -0.25) is 0 Å². The number of nitrogens with one attached hydrogen (secondary N) is 1. The summed E-state index contributed by atoms with van der Waals surface area (Å²) in [5, 5.41) is 13.2. The minimum Gasteiger partial charge on any atom is -0.394 e. The van der Waals surface area contributed by atoms with Crippen LogP contribution in [-0.4, -0.2) is 62.0 Å². The molecule has 0 radical (unpaired) electrons. The van der Waals surface area contributed by atoms with E-state index >= 15 is 0 Å². The zero-order chi connectivity index (χ0) is 10.7. The molecule has 2 heterocycles. The van der Waals surface area contributed by atoms with Gasteiger partial charge in [0.2, 0.25) is 0 Å². The van der Waals surface area contributed by atoms with Crippen molar-refractivity contribution in [2.45, 2.75) is 18.4 Å². The number of piperidine rings is 1. The van der Waals surface area contributed by atoms with Crippen LogP contribution in [0.2, 0.25) is 0 Å². The van der Waals surface area contributed by atoms with Gasteiger partial charge in [0.25, 0.3) is 0 Å². The fraction of sp³-hybridized carbons (Fsp3) is 1.00. The Labute approximate surface area is 91.6 Å². The van der Waals surface area contributed by atoms with Gasteiger partial charge in [-0.2, -0.15) is 0 Å². The van der Waals surface area contributed by atoms with E-state index in [9.17, 15) is 5.11 Å². The lowest BCUT2D eigenvalue weighted by molar-refractivity contribution is 0.0582. The Hall–Kier alpha value is -0.160. The van der Waals surface area contributed by atoms with Crippen molar-refractivity contribution >= 4 is 0 Å². The maximum atomic E-state index is 9.64. The van der Waals surface area contributed by atoms with Crippen LogP contribution < -0.4 is 5.32 Å². The maximum Gasteiger partial charge on any atom is 0.0617 e. The van der Waals surface area contributed by atoms with E-state index in [-0.39, 0.29) is 12.1 Å². The second kappa shape index (κ2) is 4.78. The summed E-state index contributed by atoms with van der Waals surface area (Å²) in [6.07, 6.45) is 2.29. The molecule has 0 amide bonds. The second-order valence-corrected chi connectivity index (χ2v) is 4.77. The Bertz CT molecular complexity index is 213. The van der Waals surface area contributed by atoms with Crippen molar-refractivity contribution in [2.75, 3.05) is 46.5 Å². The molecule has 4 heteroatoms. The molecule has 0 saturated carbocycles. The molecule has 4 nitrogen and oxygen atoms in total. The summed E-state index contributed by atoms with van der Waals surface area (Å²) in [6.45, 7) is 5.30. The summed E-state index contributed by atoms with van der Waals surface area (Å²) in [5.74, 6) is 0.619. The van der Waals surface area contributed by atoms with E-state index in [1.165, 1.54) is 13.0 Å². The highest BCUT2D eigenvalue weighted by Crippen LogP contribution is 2.35. The molecule has 2 saturated heterocycles. The Kier molecular flexibility index (Phi) is 3.61. The second-order valence-electron chi connectivity index (χ2n) is 4.77. The SMILES string of the molecule is COCCNC1(CO)CCN2CCC1C2. The number of hydrogen-bond donors (Lipinski definition) is 2. The Morgan fingerprint density at radius 1 is 1.53 bits per heavy atom. The summed E-state index contributed by atoms with van der Waals surface area (Å²) in [6, 6.07) is 0. The Balaban J connectivity index is 1.94. The van der Waals surface area contributed by atoms with Gasteiger partial charge < -0.3 is 20.1 Å². The first-order chi connectivity index (χ1) is 7.30. The van der Waals surface area contributed by atoms with Crippen LogP contribution in [0.15, 0.2) is 0 Å². The summed E-state index contributed by atoms with van der Waals surface area (Å²) < 4.78 is 5.05. The number of aliphatic hydroxyl groups excluding tert-OH is 1. The van der Waals surface area contributed by atoms with Crippen molar-refractivity contribution in [3.63, 3.8) is 0 Å². The van der Waals surface area contributed by atoms with Gasteiger partial charge in [-0.05, 0) is 31.8 Å². The molecule has 0 aromatic heterocycles. The first kappa shape index (κ1) is 11.3. The third-order valence-corrected chi connectivity index (χ3v) is 3.99. The monoisotopic (exact) mass is 214 g/mol. The minimum absolute atomic E-state index is 0.0362. The van der Waals surface area contributed by atoms with Crippen molar-refractivity contribution in [1.29, 1.82) is 0 Å². The minimum atomic E-state index is -0.0362. The lowest BCUT2D eigenvalue weighted by atomic mass is 9.79. The van der Waals surface area contributed by atoms with Crippen LogP contribution in [-0.2, 0) is 4.74 Å². The highest BCUT2D eigenvalue weighted by Gasteiger charge is 2.45. The highest BCUT2D eigenvalue weighted by atomic mass is 16.5. The zero-order valence-corrected chi connectivity index (χ0v) is 9.54. The molecule has 3 atom stereocenters. The largest absolute Gasteiger partial charge is 0.394 e. The molecule has 2 bridgehead atoms. The topological polar surface area (TPSA) is 44.7 Å². The highest BCUT2D eigenvalue weighted by molar-refractivity contribution is 5.02. The van der Waals surface area contributed by atoms with Crippen molar-refractivity contribution in [3.05, 3.63) is 0 Å². The molecule has 2 rings (SSSR count). The van der Waals surface area contributed by atoms with Gasteiger partial charge in [-0.1, -0.05) is 0 Å². The number of aliphatic hydroxyl groups is 1. The maximum absolute atomic E-state index is 9.64. The molecular weight excluding hydrogens is 192 g/mol. The lowest BCUT2D eigenvalue weighted by Gasteiger charge is -2.42. The Morgan fingerprint density at radius 3 is 3.13 bits per heavy atom. The van der Waals surface area contributed by atoms with Gasteiger partial charge in [0.15, 0.2) is 0 Å². The molecule has 2 aliphatic heterocycles. The van der Waals surface area contributed by atoms with E-state index in [4.69, 9.17) is 4.74 Å². The molecule has 0 spiro atoms. The summed E-state index contributed by atoms with van der Waals surface area (Å²) in [4.78, 5) is 2.50. The van der Waals surface area contributed by atoms with Crippen LogP contribution in [0.1, 0.15) is 12.8 Å². The van der Waals surface area contributed by atoms with Crippen molar-refractivity contribution in [1.82, 2.24) is 10.2 Å². The smallest absolute Gasteiger partial charge is 0.0617 e. The van der Waals surface area contributed by atoms with Crippen LogP contribution >= 0.6 is 0 Å². The van der Waals surface area contributed by atoms with Crippen LogP contribution in [0.4, 0.5) is 0 Å². The van der Waals surface area contributed by atoms with E-state index < -0.39 is 0 Å². The molecule has 3 unspecified atom stereocenters. The standard InChI is InChI=1S/C11H22N2O2/c1-15-7-4-12-11(9-14)3-6-13-5-2-10(11)8-13/h10,12,14H,2-9H2,1H3. The fourth-order valence-electron chi connectivity index (χ4n) is 2.95. The first-order valence-electron chi connectivity index (χ1n) is 5.88. The van der Waals surface area contributed by atoms with Gasteiger partial charge in [-0.15, -0.1) is 0 Å². The number of fused-ring (bicyclic) bond motifs is 2. The van der Waals surface area contributed by atoms with Crippen LogP contribution in [0.3, 0.4) is 0 Å². The van der Waals surface area contributed by atoms with Crippen LogP contribution in [0.5, 0.6) is 0 Å². The molecule has 0 aromatic rings. The third-order valence-electron chi connectivity index (χ3n) is 3.99. The molecule has 15 heavy (non-hydrogen) atoms. The molecule has 0 aromatic carbocycles. The van der Waals surface area contributed by atoms with Gasteiger partial charge in [-0.25, -0.2) is 0 Å². The van der Waals surface area contributed by atoms with Gasteiger partial charge in [0.05, 0.1) is 13.2 Å². The van der Waals surface area contributed by atoms with Crippen LogP contribution in [0.25, 0.3) is 0 Å². The third kappa shape index (κ3) is 2.18. The van der Waals surface area contributed by atoms with Gasteiger partial charge in [0.1, 0.15) is 0 Å². The average Bonchev–Trinajstić information content (AvgIpc) is 2.67. The average molecular weight is 214 g/mol. The molecular formula is C11H22N2O2. The fourth-order valence-corrected chi connectivity index (χ4v) is 2.95. The Morgan fingerprint density at radius 2 is 2.40 bits per heavy atom. The number of methoxy groups -OCH3 is 1. The number of hydrogen-bond acceptors (Lipinski definition) is 4. The number of rotatable bonds is 5. The summed E-state index contributed by atoms with van der Waals surface area (Å²) >= 11 is 0. The lowest BCUT2D eigenvalue weighted by Crippen LogP contribution is -2.59. The molecule has 2 fully saturated rings.